The number of hydrogen-bond donors (Lipinski definition) is 0. The van der Waals surface area contributed by atoms with Gasteiger partial charge in [0, 0.05) is 50.3 Å². The second kappa shape index (κ2) is 15.1. The molecule has 1 unspecified atom stereocenters. The summed E-state index contributed by atoms with van der Waals surface area (Å²) in [5.41, 5.74) is 20.0. The Kier molecular flexibility index (Phi) is 8.50. The molecule has 14 rings (SSSR count). The normalized spacial score (nSPS) is 14.2. The number of hydrogen-bond acceptors (Lipinski definition) is 2. The first kappa shape index (κ1) is 38.4. The van der Waals surface area contributed by atoms with Crippen LogP contribution in [0.5, 0.6) is 0 Å². The molecule has 3 nitrogen and oxygen atoms in total. The molecule has 0 saturated carbocycles. The van der Waals surface area contributed by atoms with Crippen LogP contribution in [0.25, 0.3) is 60.5 Å². The highest BCUT2D eigenvalue weighted by molar-refractivity contribution is 6.12. The lowest BCUT2D eigenvalue weighted by Gasteiger charge is -2.34. The molecule has 1 spiro atoms. The minimum Gasteiger partial charge on any atom is -0.310 e. The molecule has 1 heterocycles. The molecule has 68 heavy (non-hydrogen) atoms. The number of anilines is 6. The SMILES string of the molecule is c1ccc(N(c2ccc3c(c2)C2(c4ccccc4-3)c3ccccc3-c3cc(N(c4ccccc4)c4ccccc4)c4ccccc4c32)c2ccc3c(c2)c2ccccc2n3-c2ccccc2)cc1. The summed E-state index contributed by atoms with van der Waals surface area (Å²) in [6.45, 7) is 0. The van der Waals surface area contributed by atoms with Gasteiger partial charge in [-0.2, -0.15) is 0 Å². The topological polar surface area (TPSA) is 11.4 Å². The molecule has 0 bridgehead atoms. The van der Waals surface area contributed by atoms with Crippen LogP contribution in [0.4, 0.5) is 34.1 Å². The first-order valence-corrected chi connectivity index (χ1v) is 23.5. The van der Waals surface area contributed by atoms with Gasteiger partial charge in [-0.05, 0) is 141 Å². The zero-order chi connectivity index (χ0) is 44.8. The first-order chi connectivity index (χ1) is 33.8. The third kappa shape index (κ3) is 5.47. The van der Waals surface area contributed by atoms with Crippen molar-refractivity contribution in [1.29, 1.82) is 0 Å². The van der Waals surface area contributed by atoms with Crippen molar-refractivity contribution in [3.8, 4) is 27.9 Å². The van der Waals surface area contributed by atoms with E-state index in [1.54, 1.807) is 0 Å². The quantitative estimate of drug-likeness (QED) is 0.158. The van der Waals surface area contributed by atoms with Gasteiger partial charge in [0.15, 0.2) is 0 Å². The molecule has 0 aliphatic heterocycles. The molecule has 318 valence electrons. The fourth-order valence-corrected chi connectivity index (χ4v) is 11.9. The molecule has 0 saturated heterocycles. The summed E-state index contributed by atoms with van der Waals surface area (Å²) in [6, 6.07) is 96.1. The summed E-state index contributed by atoms with van der Waals surface area (Å²) in [6.07, 6.45) is 0. The standard InChI is InChI=1S/C65H43N3/c1-5-21-44(22-6-1)66(48-38-40-62-56(41-48)54-32-17-20-36-61(54)68(62)47-27-11-4-12-28-47)49-37-39-52-50-29-15-18-34-58(50)65(60(52)42-49)59-35-19-16-30-51(59)57-43-63(53-31-13-14-33-55(53)64(57)65)67(45-23-7-2-8-24-45)46-25-9-3-10-26-46/h1-43H. The molecule has 2 aliphatic rings. The molecular formula is C65H43N3. The van der Waals surface area contributed by atoms with Gasteiger partial charge in [0.1, 0.15) is 0 Å². The van der Waals surface area contributed by atoms with Crippen LogP contribution in [0.1, 0.15) is 22.3 Å². The number of rotatable bonds is 7. The zero-order valence-electron chi connectivity index (χ0n) is 37.2. The minimum atomic E-state index is -0.592. The van der Waals surface area contributed by atoms with Gasteiger partial charge in [-0.15, -0.1) is 0 Å². The average Bonchev–Trinajstić information content (AvgIpc) is 4.01. The number of aromatic nitrogens is 1. The summed E-state index contributed by atoms with van der Waals surface area (Å²) in [5.74, 6) is 0. The number of benzene rings is 11. The monoisotopic (exact) mass is 865 g/mol. The van der Waals surface area contributed by atoms with E-state index in [2.05, 4.69) is 275 Å². The Bertz CT molecular complexity index is 3870. The Hall–Kier alpha value is -8.92. The maximum atomic E-state index is 2.51. The Balaban J connectivity index is 1.04. The highest BCUT2D eigenvalue weighted by Crippen LogP contribution is 2.65. The van der Waals surface area contributed by atoms with Crippen LogP contribution in [0.3, 0.4) is 0 Å². The predicted molar refractivity (Wildman–Crippen MR) is 284 cm³/mol. The van der Waals surface area contributed by atoms with Gasteiger partial charge in [0.2, 0.25) is 0 Å². The van der Waals surface area contributed by atoms with E-state index in [0.717, 1.165) is 39.8 Å². The fraction of sp³-hybridized carbons (Fsp3) is 0.0154. The third-order valence-electron chi connectivity index (χ3n) is 14.5. The molecule has 3 heteroatoms. The smallest absolute Gasteiger partial charge is 0.0732 e. The number of fused-ring (bicyclic) bond motifs is 15. The van der Waals surface area contributed by atoms with Gasteiger partial charge < -0.3 is 14.4 Å². The van der Waals surface area contributed by atoms with E-state index in [4.69, 9.17) is 0 Å². The summed E-state index contributed by atoms with van der Waals surface area (Å²) < 4.78 is 2.39. The van der Waals surface area contributed by atoms with Crippen molar-refractivity contribution >= 4 is 66.7 Å². The average molecular weight is 866 g/mol. The van der Waals surface area contributed by atoms with Crippen LogP contribution >= 0.6 is 0 Å². The van der Waals surface area contributed by atoms with Gasteiger partial charge in [0.05, 0.1) is 22.1 Å². The van der Waals surface area contributed by atoms with E-state index >= 15 is 0 Å². The number of para-hydroxylation sites is 5. The van der Waals surface area contributed by atoms with Crippen LogP contribution in [0.2, 0.25) is 0 Å². The second-order valence-electron chi connectivity index (χ2n) is 18.0. The Morgan fingerprint density at radius 3 is 1.41 bits per heavy atom. The van der Waals surface area contributed by atoms with Crippen molar-refractivity contribution < 1.29 is 0 Å². The van der Waals surface area contributed by atoms with Crippen molar-refractivity contribution in [2.24, 2.45) is 0 Å². The summed E-state index contributed by atoms with van der Waals surface area (Å²) >= 11 is 0. The van der Waals surface area contributed by atoms with E-state index in [9.17, 15) is 0 Å². The second-order valence-corrected chi connectivity index (χ2v) is 18.0. The number of nitrogens with zero attached hydrogens (tertiary/aromatic N) is 3. The van der Waals surface area contributed by atoms with E-state index in [1.807, 2.05) is 0 Å². The molecule has 2 aliphatic carbocycles. The first-order valence-electron chi connectivity index (χ1n) is 23.5. The van der Waals surface area contributed by atoms with Crippen LogP contribution in [0.15, 0.2) is 261 Å². The zero-order valence-corrected chi connectivity index (χ0v) is 37.2. The Morgan fingerprint density at radius 1 is 0.279 bits per heavy atom. The van der Waals surface area contributed by atoms with Crippen molar-refractivity contribution in [1.82, 2.24) is 4.57 Å². The highest BCUT2D eigenvalue weighted by Gasteiger charge is 2.53. The lowest BCUT2D eigenvalue weighted by atomic mass is 9.69. The maximum Gasteiger partial charge on any atom is 0.0732 e. The largest absolute Gasteiger partial charge is 0.310 e. The highest BCUT2D eigenvalue weighted by atomic mass is 15.1. The van der Waals surface area contributed by atoms with Crippen LogP contribution in [-0.2, 0) is 5.41 Å². The lowest BCUT2D eigenvalue weighted by Crippen LogP contribution is -2.26. The van der Waals surface area contributed by atoms with Gasteiger partial charge in [-0.1, -0.05) is 170 Å². The van der Waals surface area contributed by atoms with Gasteiger partial charge >= 0.3 is 0 Å². The molecule has 0 N–H and O–H groups in total. The van der Waals surface area contributed by atoms with Gasteiger partial charge in [0.25, 0.3) is 0 Å². The summed E-state index contributed by atoms with van der Waals surface area (Å²) in [7, 11) is 0. The third-order valence-corrected chi connectivity index (χ3v) is 14.5. The van der Waals surface area contributed by atoms with Crippen molar-refractivity contribution in [3.63, 3.8) is 0 Å². The molecule has 11 aromatic carbocycles. The van der Waals surface area contributed by atoms with Crippen molar-refractivity contribution in [2.45, 2.75) is 5.41 Å². The van der Waals surface area contributed by atoms with E-state index in [-0.39, 0.29) is 0 Å². The molecule has 0 fully saturated rings. The molecular weight excluding hydrogens is 823 g/mol. The Morgan fingerprint density at radius 2 is 0.750 bits per heavy atom. The van der Waals surface area contributed by atoms with Gasteiger partial charge in [-0.25, -0.2) is 0 Å². The van der Waals surface area contributed by atoms with Crippen LogP contribution in [0, 0.1) is 0 Å². The van der Waals surface area contributed by atoms with E-state index in [0.29, 0.717) is 0 Å². The minimum absolute atomic E-state index is 0.592. The van der Waals surface area contributed by atoms with Crippen molar-refractivity contribution in [2.75, 3.05) is 9.80 Å². The van der Waals surface area contributed by atoms with Crippen LogP contribution < -0.4 is 9.80 Å². The van der Waals surface area contributed by atoms with Gasteiger partial charge in [-0.3, -0.25) is 0 Å². The van der Waals surface area contributed by atoms with Crippen molar-refractivity contribution in [3.05, 3.63) is 283 Å². The molecule has 1 atom stereocenters. The van der Waals surface area contributed by atoms with E-state index < -0.39 is 5.41 Å². The fourth-order valence-electron chi connectivity index (χ4n) is 11.9. The molecule has 12 aromatic rings. The molecule has 0 amide bonds. The summed E-state index contributed by atoms with van der Waals surface area (Å²) in [5, 5.41) is 4.91. The van der Waals surface area contributed by atoms with E-state index in [1.165, 1.54) is 77.1 Å². The maximum absolute atomic E-state index is 2.51. The Labute approximate surface area is 395 Å². The lowest BCUT2D eigenvalue weighted by molar-refractivity contribution is 0.801. The molecule has 1 aromatic heterocycles. The predicted octanol–water partition coefficient (Wildman–Crippen LogP) is 17.2. The van der Waals surface area contributed by atoms with Crippen LogP contribution in [-0.4, -0.2) is 4.57 Å². The molecule has 0 radical (unpaired) electrons. The summed E-state index contributed by atoms with van der Waals surface area (Å²) in [4.78, 5) is 4.88.